The Morgan fingerprint density at radius 2 is 1.95 bits per heavy atom. The van der Waals surface area contributed by atoms with Gasteiger partial charge >= 0.3 is 6.09 Å². The zero-order valence-corrected chi connectivity index (χ0v) is 11.8. The molecule has 1 aliphatic heterocycles. The number of allylic oxidation sites excluding steroid dienone is 1. The Balaban J connectivity index is 2.19. The van der Waals surface area contributed by atoms with E-state index in [9.17, 15) is 4.79 Å². The summed E-state index contributed by atoms with van der Waals surface area (Å²) in [4.78, 5) is 13.9. The Kier molecular flexibility index (Phi) is 3.93. The van der Waals surface area contributed by atoms with Crippen molar-refractivity contribution in [2.45, 2.75) is 45.3 Å². The molecule has 0 saturated heterocycles. The minimum Gasteiger partial charge on any atom is -0.443 e. The number of ether oxygens (including phenoxy) is 1. The van der Waals surface area contributed by atoms with Gasteiger partial charge in [0.05, 0.1) is 6.04 Å². The van der Waals surface area contributed by atoms with Gasteiger partial charge in [-0.3, -0.25) is 4.90 Å². The highest BCUT2D eigenvalue weighted by Crippen LogP contribution is 2.30. The molecule has 1 aromatic carbocycles. The van der Waals surface area contributed by atoms with E-state index in [0.717, 1.165) is 18.4 Å². The number of hydrogen-bond acceptors (Lipinski definition) is 2. The lowest BCUT2D eigenvalue weighted by molar-refractivity contribution is 0.0248. The maximum atomic E-state index is 12.2. The molecule has 1 aromatic rings. The van der Waals surface area contributed by atoms with Crippen molar-refractivity contribution >= 4 is 6.09 Å². The molecule has 1 unspecified atom stereocenters. The van der Waals surface area contributed by atoms with Gasteiger partial charge in [-0.1, -0.05) is 36.4 Å². The Morgan fingerprint density at radius 3 is 2.58 bits per heavy atom. The van der Waals surface area contributed by atoms with Crippen LogP contribution in [0.4, 0.5) is 4.79 Å². The first-order valence-electron chi connectivity index (χ1n) is 6.70. The molecule has 1 amide bonds. The number of benzene rings is 1. The van der Waals surface area contributed by atoms with E-state index < -0.39 is 5.60 Å². The monoisotopic (exact) mass is 259 g/mol. The predicted octanol–water partition coefficient (Wildman–Crippen LogP) is 4.27. The average molecular weight is 259 g/mol. The highest BCUT2D eigenvalue weighted by atomic mass is 16.6. The Hall–Kier alpha value is -1.77. The summed E-state index contributed by atoms with van der Waals surface area (Å²) < 4.78 is 5.46. The third-order valence-electron chi connectivity index (χ3n) is 3.00. The quantitative estimate of drug-likeness (QED) is 0.753. The van der Waals surface area contributed by atoms with Gasteiger partial charge in [0.15, 0.2) is 0 Å². The molecule has 0 saturated carbocycles. The number of amides is 1. The first-order valence-corrected chi connectivity index (χ1v) is 6.70. The molecule has 1 heterocycles. The third-order valence-corrected chi connectivity index (χ3v) is 3.00. The molecule has 0 aliphatic carbocycles. The number of hydrogen-bond donors (Lipinski definition) is 0. The molecule has 2 rings (SSSR count). The molecule has 1 aliphatic rings. The van der Waals surface area contributed by atoms with Crippen LogP contribution in [0.25, 0.3) is 0 Å². The molecule has 19 heavy (non-hydrogen) atoms. The number of carbonyl (C=O) groups excluding carboxylic acids is 1. The fourth-order valence-corrected chi connectivity index (χ4v) is 2.19. The predicted molar refractivity (Wildman–Crippen MR) is 75.6 cm³/mol. The zero-order valence-electron chi connectivity index (χ0n) is 11.8. The van der Waals surface area contributed by atoms with E-state index in [2.05, 4.69) is 12.1 Å². The van der Waals surface area contributed by atoms with Crippen LogP contribution >= 0.6 is 0 Å². The maximum absolute atomic E-state index is 12.2. The first kappa shape index (κ1) is 13.7. The Morgan fingerprint density at radius 1 is 1.26 bits per heavy atom. The maximum Gasteiger partial charge on any atom is 0.414 e. The van der Waals surface area contributed by atoms with Gasteiger partial charge in [0.25, 0.3) is 0 Å². The van der Waals surface area contributed by atoms with Crippen molar-refractivity contribution in [1.29, 1.82) is 0 Å². The lowest BCUT2D eigenvalue weighted by Gasteiger charge is -2.33. The van der Waals surface area contributed by atoms with Gasteiger partial charge in [-0.15, -0.1) is 0 Å². The number of nitrogens with zero attached hydrogens (tertiary/aromatic N) is 1. The molecule has 0 bridgehead atoms. The molecule has 0 N–H and O–H groups in total. The minimum absolute atomic E-state index is 0.0704. The van der Waals surface area contributed by atoms with Crippen molar-refractivity contribution in [1.82, 2.24) is 4.90 Å². The highest BCUT2D eigenvalue weighted by molar-refractivity contribution is 5.70. The minimum atomic E-state index is -0.469. The second-order valence-electron chi connectivity index (χ2n) is 5.78. The van der Waals surface area contributed by atoms with Crippen LogP contribution in [0.5, 0.6) is 0 Å². The van der Waals surface area contributed by atoms with Crippen LogP contribution in [0, 0.1) is 0 Å². The standard InChI is InChI=1S/C16H21NO2/c1-16(2,3)19-15(18)17-12-8-7-11-14(17)13-9-5-4-6-10-13/h4-6,8-10,12,14H,7,11H2,1-3H3. The van der Waals surface area contributed by atoms with Crippen LogP contribution in [0.1, 0.15) is 45.2 Å². The molecular weight excluding hydrogens is 238 g/mol. The topological polar surface area (TPSA) is 29.5 Å². The fraction of sp³-hybridized carbons (Fsp3) is 0.438. The molecule has 0 fully saturated rings. The van der Waals surface area contributed by atoms with Crippen molar-refractivity contribution in [2.75, 3.05) is 0 Å². The lowest BCUT2D eigenvalue weighted by Crippen LogP contribution is -2.37. The third kappa shape index (κ3) is 3.60. The van der Waals surface area contributed by atoms with E-state index in [1.165, 1.54) is 0 Å². The van der Waals surface area contributed by atoms with Crippen LogP contribution < -0.4 is 0 Å². The van der Waals surface area contributed by atoms with Gasteiger partial charge in [-0.2, -0.15) is 0 Å². The average Bonchev–Trinajstić information content (AvgIpc) is 2.38. The number of rotatable bonds is 1. The molecule has 0 spiro atoms. The summed E-state index contributed by atoms with van der Waals surface area (Å²) in [7, 11) is 0. The van der Waals surface area contributed by atoms with Gasteiger partial charge in [0.1, 0.15) is 5.60 Å². The van der Waals surface area contributed by atoms with Crippen molar-refractivity contribution in [3.63, 3.8) is 0 Å². The van der Waals surface area contributed by atoms with Crippen molar-refractivity contribution in [3.05, 3.63) is 48.2 Å². The van der Waals surface area contributed by atoms with Crippen LogP contribution in [0.2, 0.25) is 0 Å². The van der Waals surface area contributed by atoms with E-state index >= 15 is 0 Å². The van der Waals surface area contributed by atoms with Gasteiger partial charge in [0, 0.05) is 6.20 Å². The molecule has 1 atom stereocenters. The normalized spacial score (nSPS) is 19.3. The van der Waals surface area contributed by atoms with E-state index in [1.807, 2.05) is 51.2 Å². The summed E-state index contributed by atoms with van der Waals surface area (Å²) in [5, 5.41) is 0. The van der Waals surface area contributed by atoms with Crippen LogP contribution in [-0.4, -0.2) is 16.6 Å². The van der Waals surface area contributed by atoms with Crippen LogP contribution in [-0.2, 0) is 4.74 Å². The first-order chi connectivity index (χ1) is 8.97. The van der Waals surface area contributed by atoms with Gasteiger partial charge in [0.2, 0.25) is 0 Å². The smallest absolute Gasteiger partial charge is 0.414 e. The summed E-state index contributed by atoms with van der Waals surface area (Å²) in [6.45, 7) is 5.66. The second kappa shape index (κ2) is 5.47. The highest BCUT2D eigenvalue weighted by Gasteiger charge is 2.29. The van der Waals surface area contributed by atoms with Crippen molar-refractivity contribution < 1.29 is 9.53 Å². The summed E-state index contributed by atoms with van der Waals surface area (Å²) in [6.07, 6.45) is 5.49. The summed E-state index contributed by atoms with van der Waals surface area (Å²) >= 11 is 0. The summed E-state index contributed by atoms with van der Waals surface area (Å²) in [5.74, 6) is 0. The molecular formula is C16H21NO2. The van der Waals surface area contributed by atoms with E-state index in [-0.39, 0.29) is 12.1 Å². The van der Waals surface area contributed by atoms with E-state index in [0.29, 0.717) is 0 Å². The molecule has 102 valence electrons. The number of carbonyl (C=O) groups is 1. The summed E-state index contributed by atoms with van der Waals surface area (Å²) in [6, 6.07) is 10.2. The van der Waals surface area contributed by atoms with Crippen molar-refractivity contribution in [3.8, 4) is 0 Å². The molecule has 0 aromatic heterocycles. The van der Waals surface area contributed by atoms with Crippen molar-refractivity contribution in [2.24, 2.45) is 0 Å². The molecule has 3 heteroatoms. The molecule has 0 radical (unpaired) electrons. The Labute approximate surface area is 114 Å². The largest absolute Gasteiger partial charge is 0.443 e. The van der Waals surface area contributed by atoms with Gasteiger partial charge < -0.3 is 4.74 Å². The van der Waals surface area contributed by atoms with Gasteiger partial charge in [-0.25, -0.2) is 4.79 Å². The van der Waals surface area contributed by atoms with Crippen LogP contribution in [0.15, 0.2) is 42.6 Å². The Bertz CT molecular complexity index is 459. The van der Waals surface area contributed by atoms with Gasteiger partial charge in [-0.05, 0) is 39.2 Å². The molecule has 3 nitrogen and oxygen atoms in total. The summed E-state index contributed by atoms with van der Waals surface area (Å²) in [5.41, 5.74) is 0.682. The van der Waals surface area contributed by atoms with E-state index in [4.69, 9.17) is 4.74 Å². The zero-order chi connectivity index (χ0) is 13.9. The fourth-order valence-electron chi connectivity index (χ4n) is 2.19. The second-order valence-corrected chi connectivity index (χ2v) is 5.78. The van der Waals surface area contributed by atoms with E-state index in [1.54, 1.807) is 4.90 Å². The lowest BCUT2D eigenvalue weighted by atomic mass is 9.98. The van der Waals surface area contributed by atoms with Crippen LogP contribution in [0.3, 0.4) is 0 Å². The SMILES string of the molecule is CC(C)(C)OC(=O)N1C=CCCC1c1ccccc1.